The number of methoxy groups -OCH3 is 1. The van der Waals surface area contributed by atoms with E-state index < -0.39 is 0 Å². The Kier molecular flexibility index (Phi) is 5.66. The number of ether oxygens (including phenoxy) is 1. The molecule has 104 valence electrons. The van der Waals surface area contributed by atoms with Gasteiger partial charge in [-0.2, -0.15) is 0 Å². The van der Waals surface area contributed by atoms with Crippen molar-refractivity contribution in [3.05, 3.63) is 24.5 Å². The van der Waals surface area contributed by atoms with Crippen LogP contribution in [-0.4, -0.2) is 48.4 Å². The van der Waals surface area contributed by atoms with E-state index in [4.69, 9.17) is 4.74 Å². The van der Waals surface area contributed by atoms with Gasteiger partial charge in [-0.3, -0.25) is 9.78 Å². The molecule has 2 heterocycles. The van der Waals surface area contributed by atoms with Gasteiger partial charge in [0.2, 0.25) is 5.91 Å². The highest BCUT2D eigenvalue weighted by Gasteiger charge is 2.23. The number of nitrogens with zero attached hydrogens (tertiary/aromatic N) is 2. The Hall–Kier alpha value is -1.07. The molecule has 0 bridgehead atoms. The molecule has 1 atom stereocenters. The fourth-order valence-corrected chi connectivity index (χ4v) is 3.12. The summed E-state index contributed by atoms with van der Waals surface area (Å²) in [7, 11) is 1.72. The van der Waals surface area contributed by atoms with Crippen molar-refractivity contribution in [2.24, 2.45) is 5.92 Å². The number of carbonyl (C=O) groups excluding carboxylic acids is 1. The molecule has 1 aliphatic rings. The first-order valence-electron chi connectivity index (χ1n) is 6.59. The zero-order chi connectivity index (χ0) is 13.5. The van der Waals surface area contributed by atoms with E-state index in [9.17, 15) is 4.79 Å². The minimum absolute atomic E-state index is 0.225. The molecule has 1 aromatic rings. The van der Waals surface area contributed by atoms with Crippen molar-refractivity contribution in [1.82, 2.24) is 9.88 Å². The minimum atomic E-state index is 0.225. The molecule has 0 aromatic carbocycles. The lowest BCUT2D eigenvalue weighted by molar-refractivity contribution is -0.130. The smallest absolute Gasteiger partial charge is 0.232 e. The summed E-state index contributed by atoms with van der Waals surface area (Å²) in [5.41, 5.74) is 0. The van der Waals surface area contributed by atoms with Gasteiger partial charge >= 0.3 is 0 Å². The number of amides is 1. The van der Waals surface area contributed by atoms with E-state index >= 15 is 0 Å². The standard InChI is InChI=1S/C14H20N2O2S/c1-18-10-12-3-2-8-16(9-12)14(17)11-19-13-4-6-15-7-5-13/h4-7,12H,2-3,8-11H2,1H3. The van der Waals surface area contributed by atoms with Crippen molar-refractivity contribution < 1.29 is 9.53 Å². The molecule has 1 unspecified atom stereocenters. The normalized spacial score (nSPS) is 19.4. The number of pyridine rings is 1. The summed E-state index contributed by atoms with van der Waals surface area (Å²) in [4.78, 5) is 19.2. The van der Waals surface area contributed by atoms with Crippen LogP contribution in [0.5, 0.6) is 0 Å². The van der Waals surface area contributed by atoms with E-state index in [1.807, 2.05) is 17.0 Å². The molecule has 2 rings (SSSR count). The molecule has 19 heavy (non-hydrogen) atoms. The molecule has 1 aromatic heterocycles. The second-order valence-electron chi connectivity index (χ2n) is 4.77. The van der Waals surface area contributed by atoms with Crippen LogP contribution < -0.4 is 0 Å². The quantitative estimate of drug-likeness (QED) is 0.774. The first kappa shape index (κ1) is 14.3. The van der Waals surface area contributed by atoms with Gasteiger partial charge in [-0.05, 0) is 30.9 Å². The zero-order valence-corrected chi connectivity index (χ0v) is 12.1. The van der Waals surface area contributed by atoms with Crippen molar-refractivity contribution in [2.75, 3.05) is 32.6 Å². The molecular weight excluding hydrogens is 260 g/mol. The van der Waals surface area contributed by atoms with Gasteiger partial charge in [-0.1, -0.05) is 0 Å². The highest BCUT2D eigenvalue weighted by atomic mass is 32.2. The highest BCUT2D eigenvalue weighted by molar-refractivity contribution is 8.00. The van der Waals surface area contributed by atoms with E-state index in [0.717, 1.165) is 37.4 Å². The number of rotatable bonds is 5. The molecule has 1 aliphatic heterocycles. The minimum Gasteiger partial charge on any atom is -0.384 e. The van der Waals surface area contributed by atoms with Crippen molar-refractivity contribution in [3.8, 4) is 0 Å². The maximum Gasteiger partial charge on any atom is 0.232 e. The first-order chi connectivity index (χ1) is 9.29. The fraction of sp³-hybridized carbons (Fsp3) is 0.571. The van der Waals surface area contributed by atoms with E-state index in [1.165, 1.54) is 0 Å². The molecule has 5 heteroatoms. The largest absolute Gasteiger partial charge is 0.384 e. The topological polar surface area (TPSA) is 42.4 Å². The number of hydrogen-bond acceptors (Lipinski definition) is 4. The van der Waals surface area contributed by atoms with Crippen LogP contribution in [0.4, 0.5) is 0 Å². The molecule has 1 fully saturated rings. The Morgan fingerprint density at radius 1 is 1.53 bits per heavy atom. The Bertz CT molecular complexity index is 398. The number of carbonyl (C=O) groups is 1. The van der Waals surface area contributed by atoms with Gasteiger partial charge in [0.25, 0.3) is 0 Å². The summed E-state index contributed by atoms with van der Waals surface area (Å²) in [6, 6.07) is 3.86. The molecule has 0 radical (unpaired) electrons. The lowest BCUT2D eigenvalue weighted by Crippen LogP contribution is -2.42. The third kappa shape index (κ3) is 4.51. The molecule has 1 amide bonds. The Labute approximate surface area is 118 Å². The molecule has 0 aliphatic carbocycles. The van der Waals surface area contributed by atoms with Gasteiger partial charge in [0, 0.05) is 37.5 Å². The monoisotopic (exact) mass is 280 g/mol. The van der Waals surface area contributed by atoms with Crippen LogP contribution in [0.1, 0.15) is 12.8 Å². The van der Waals surface area contributed by atoms with Gasteiger partial charge in [0.05, 0.1) is 12.4 Å². The first-order valence-corrected chi connectivity index (χ1v) is 7.57. The van der Waals surface area contributed by atoms with Crippen LogP contribution in [-0.2, 0) is 9.53 Å². The van der Waals surface area contributed by atoms with E-state index in [-0.39, 0.29) is 5.91 Å². The van der Waals surface area contributed by atoms with Crippen molar-refractivity contribution in [1.29, 1.82) is 0 Å². The van der Waals surface area contributed by atoms with Gasteiger partial charge < -0.3 is 9.64 Å². The number of likely N-dealkylation sites (tertiary alicyclic amines) is 1. The predicted octanol–water partition coefficient (Wildman–Crippen LogP) is 2.06. The van der Waals surface area contributed by atoms with Crippen molar-refractivity contribution in [2.45, 2.75) is 17.7 Å². The summed E-state index contributed by atoms with van der Waals surface area (Å²) in [5, 5.41) is 0. The van der Waals surface area contributed by atoms with Crippen LogP contribution in [0.25, 0.3) is 0 Å². The van der Waals surface area contributed by atoms with Crippen molar-refractivity contribution >= 4 is 17.7 Å². The van der Waals surface area contributed by atoms with Crippen LogP contribution in [0.15, 0.2) is 29.4 Å². The third-order valence-electron chi connectivity index (χ3n) is 3.29. The van der Waals surface area contributed by atoms with Gasteiger partial charge in [0.1, 0.15) is 0 Å². The average molecular weight is 280 g/mol. The maximum atomic E-state index is 12.2. The molecule has 4 nitrogen and oxygen atoms in total. The summed E-state index contributed by atoms with van der Waals surface area (Å²) in [5.74, 6) is 1.22. The van der Waals surface area contributed by atoms with Gasteiger partial charge in [0.15, 0.2) is 0 Å². The van der Waals surface area contributed by atoms with Gasteiger partial charge in [-0.25, -0.2) is 0 Å². The predicted molar refractivity (Wildman–Crippen MR) is 76.1 cm³/mol. The third-order valence-corrected chi connectivity index (χ3v) is 4.28. The van der Waals surface area contributed by atoms with Crippen LogP contribution in [0, 0.1) is 5.92 Å². The fourth-order valence-electron chi connectivity index (χ4n) is 2.33. The zero-order valence-electron chi connectivity index (χ0n) is 11.2. The van der Waals surface area contributed by atoms with Crippen LogP contribution >= 0.6 is 11.8 Å². The van der Waals surface area contributed by atoms with Crippen LogP contribution in [0.3, 0.4) is 0 Å². The number of aromatic nitrogens is 1. The summed E-state index contributed by atoms with van der Waals surface area (Å²) < 4.78 is 5.19. The summed E-state index contributed by atoms with van der Waals surface area (Å²) in [6.45, 7) is 2.47. The number of thioether (sulfide) groups is 1. The molecular formula is C14H20N2O2S. The molecule has 0 spiro atoms. The van der Waals surface area contributed by atoms with E-state index in [0.29, 0.717) is 11.7 Å². The van der Waals surface area contributed by atoms with E-state index in [1.54, 1.807) is 31.3 Å². The Morgan fingerprint density at radius 2 is 2.32 bits per heavy atom. The van der Waals surface area contributed by atoms with Crippen molar-refractivity contribution in [3.63, 3.8) is 0 Å². The number of hydrogen-bond donors (Lipinski definition) is 0. The highest BCUT2D eigenvalue weighted by Crippen LogP contribution is 2.20. The van der Waals surface area contributed by atoms with Crippen LogP contribution in [0.2, 0.25) is 0 Å². The second kappa shape index (κ2) is 7.50. The summed E-state index contributed by atoms with van der Waals surface area (Å²) >= 11 is 1.57. The Morgan fingerprint density at radius 3 is 3.05 bits per heavy atom. The maximum absolute atomic E-state index is 12.2. The second-order valence-corrected chi connectivity index (χ2v) is 5.82. The molecule has 1 saturated heterocycles. The molecule has 0 saturated carbocycles. The lowest BCUT2D eigenvalue weighted by Gasteiger charge is -2.32. The molecule has 0 N–H and O–H groups in total. The Balaban J connectivity index is 1.79. The average Bonchev–Trinajstić information content (AvgIpc) is 2.46. The SMILES string of the molecule is COCC1CCCN(C(=O)CSc2ccncc2)C1. The van der Waals surface area contributed by atoms with Gasteiger partial charge in [-0.15, -0.1) is 11.8 Å². The summed E-state index contributed by atoms with van der Waals surface area (Å²) in [6.07, 6.45) is 5.75. The van der Waals surface area contributed by atoms with E-state index in [2.05, 4.69) is 4.98 Å². The number of piperidine rings is 1. The lowest BCUT2D eigenvalue weighted by atomic mass is 9.99.